The Balaban J connectivity index is 2.38. The van der Waals surface area contributed by atoms with Crippen molar-refractivity contribution in [2.45, 2.75) is 52.5 Å². The Hall–Kier alpha value is -1.26. The summed E-state index contributed by atoms with van der Waals surface area (Å²) in [4.78, 5) is 27.8. The molecule has 3 amide bonds. The average molecular weight is 283 g/mol. The van der Waals surface area contributed by atoms with Crippen LogP contribution in [-0.4, -0.2) is 54.5 Å². The van der Waals surface area contributed by atoms with Crippen LogP contribution in [0.4, 0.5) is 4.79 Å². The largest absolute Gasteiger partial charge is 0.346 e. The van der Waals surface area contributed by atoms with Crippen LogP contribution in [0, 0.1) is 5.92 Å². The fourth-order valence-corrected chi connectivity index (χ4v) is 2.48. The summed E-state index contributed by atoms with van der Waals surface area (Å²) in [7, 11) is 1.88. The summed E-state index contributed by atoms with van der Waals surface area (Å²) in [5.41, 5.74) is 0. The molecule has 0 saturated carbocycles. The van der Waals surface area contributed by atoms with Crippen LogP contribution in [0.25, 0.3) is 0 Å². The maximum absolute atomic E-state index is 12.3. The van der Waals surface area contributed by atoms with Crippen molar-refractivity contribution in [3.05, 3.63) is 0 Å². The van der Waals surface area contributed by atoms with Gasteiger partial charge in [0, 0.05) is 38.6 Å². The standard InChI is InChI=1S/C15H29N3O2/c1-5-6-9-17(4)14(19)13-7-10-18(11-8-13)15(20)16-12(2)3/h12-13H,5-11H2,1-4H3,(H,16,20). The van der Waals surface area contributed by atoms with E-state index in [0.717, 1.165) is 32.2 Å². The molecule has 0 bridgehead atoms. The normalized spacial score (nSPS) is 16.4. The van der Waals surface area contributed by atoms with Crippen molar-refractivity contribution in [1.82, 2.24) is 15.1 Å². The highest BCUT2D eigenvalue weighted by Crippen LogP contribution is 2.19. The zero-order valence-electron chi connectivity index (χ0n) is 13.3. The van der Waals surface area contributed by atoms with Gasteiger partial charge in [-0.25, -0.2) is 4.79 Å². The first kappa shape index (κ1) is 16.8. The highest BCUT2D eigenvalue weighted by Gasteiger charge is 2.28. The molecule has 5 nitrogen and oxygen atoms in total. The van der Waals surface area contributed by atoms with Crippen LogP contribution in [0.5, 0.6) is 0 Å². The van der Waals surface area contributed by atoms with Crippen molar-refractivity contribution in [2.24, 2.45) is 5.92 Å². The number of nitrogens with zero attached hydrogens (tertiary/aromatic N) is 2. The van der Waals surface area contributed by atoms with E-state index in [9.17, 15) is 9.59 Å². The van der Waals surface area contributed by atoms with Crippen LogP contribution in [-0.2, 0) is 4.79 Å². The molecule has 1 rings (SSSR count). The molecule has 1 aliphatic rings. The second-order valence-corrected chi connectivity index (χ2v) is 5.98. The predicted molar refractivity (Wildman–Crippen MR) is 80.5 cm³/mol. The first-order chi connectivity index (χ1) is 9.45. The molecule has 0 unspecified atom stereocenters. The Morgan fingerprint density at radius 2 is 1.90 bits per heavy atom. The monoisotopic (exact) mass is 283 g/mol. The SMILES string of the molecule is CCCCN(C)C(=O)C1CCN(C(=O)NC(C)C)CC1. The molecule has 0 aliphatic carbocycles. The Bertz CT molecular complexity index is 323. The first-order valence-electron chi connectivity index (χ1n) is 7.76. The zero-order chi connectivity index (χ0) is 15.1. The van der Waals surface area contributed by atoms with Crippen molar-refractivity contribution in [3.8, 4) is 0 Å². The van der Waals surface area contributed by atoms with Crippen molar-refractivity contribution in [2.75, 3.05) is 26.7 Å². The number of amides is 3. The molecular formula is C15H29N3O2. The number of piperidine rings is 1. The molecule has 1 N–H and O–H groups in total. The summed E-state index contributed by atoms with van der Waals surface area (Å²) in [5.74, 6) is 0.322. The highest BCUT2D eigenvalue weighted by atomic mass is 16.2. The maximum Gasteiger partial charge on any atom is 0.317 e. The molecular weight excluding hydrogens is 254 g/mol. The molecule has 0 spiro atoms. The van der Waals surface area contributed by atoms with E-state index in [-0.39, 0.29) is 23.9 Å². The number of carbonyl (C=O) groups excluding carboxylic acids is 2. The van der Waals surface area contributed by atoms with Crippen LogP contribution in [0.2, 0.25) is 0 Å². The maximum atomic E-state index is 12.3. The third-order valence-corrected chi connectivity index (χ3v) is 3.77. The van der Waals surface area contributed by atoms with E-state index in [0.29, 0.717) is 13.1 Å². The van der Waals surface area contributed by atoms with E-state index in [1.165, 1.54) is 0 Å². The van der Waals surface area contributed by atoms with Gasteiger partial charge >= 0.3 is 6.03 Å². The van der Waals surface area contributed by atoms with Gasteiger partial charge in [0.05, 0.1) is 0 Å². The zero-order valence-corrected chi connectivity index (χ0v) is 13.3. The van der Waals surface area contributed by atoms with E-state index in [2.05, 4.69) is 12.2 Å². The quantitative estimate of drug-likeness (QED) is 0.840. The lowest BCUT2D eigenvalue weighted by molar-refractivity contribution is -0.135. The smallest absolute Gasteiger partial charge is 0.317 e. The van der Waals surface area contributed by atoms with Crippen LogP contribution in [0.1, 0.15) is 46.5 Å². The van der Waals surface area contributed by atoms with Crippen molar-refractivity contribution >= 4 is 11.9 Å². The van der Waals surface area contributed by atoms with Crippen LogP contribution in [0.3, 0.4) is 0 Å². The van der Waals surface area contributed by atoms with Gasteiger partial charge in [-0.1, -0.05) is 13.3 Å². The van der Waals surface area contributed by atoms with Gasteiger partial charge in [-0.2, -0.15) is 0 Å². The van der Waals surface area contributed by atoms with Gasteiger partial charge in [0.25, 0.3) is 0 Å². The predicted octanol–water partition coefficient (Wildman–Crippen LogP) is 2.07. The molecule has 0 atom stereocenters. The molecule has 1 fully saturated rings. The second kappa shape index (κ2) is 8.12. The van der Waals surface area contributed by atoms with E-state index >= 15 is 0 Å². The second-order valence-electron chi connectivity index (χ2n) is 5.98. The Morgan fingerprint density at radius 3 is 2.40 bits per heavy atom. The number of nitrogens with one attached hydrogen (secondary N) is 1. The highest BCUT2D eigenvalue weighted by molar-refractivity contribution is 5.79. The summed E-state index contributed by atoms with van der Waals surface area (Å²) in [6, 6.07) is 0.146. The number of unbranched alkanes of at least 4 members (excludes halogenated alkanes) is 1. The van der Waals surface area contributed by atoms with E-state index in [1.54, 1.807) is 0 Å². The molecule has 5 heteroatoms. The Morgan fingerprint density at radius 1 is 1.30 bits per heavy atom. The lowest BCUT2D eigenvalue weighted by atomic mass is 9.95. The topological polar surface area (TPSA) is 52.7 Å². The summed E-state index contributed by atoms with van der Waals surface area (Å²) < 4.78 is 0. The minimum absolute atomic E-state index is 0.00904. The number of likely N-dealkylation sites (tertiary alicyclic amines) is 1. The molecule has 116 valence electrons. The number of rotatable bonds is 5. The van der Waals surface area contributed by atoms with Gasteiger partial charge in [-0.3, -0.25) is 4.79 Å². The van der Waals surface area contributed by atoms with Gasteiger partial charge in [0.15, 0.2) is 0 Å². The molecule has 0 aromatic rings. The number of hydrogen-bond acceptors (Lipinski definition) is 2. The number of hydrogen-bond donors (Lipinski definition) is 1. The van der Waals surface area contributed by atoms with Gasteiger partial charge in [-0.05, 0) is 33.1 Å². The van der Waals surface area contributed by atoms with Crippen LogP contribution < -0.4 is 5.32 Å². The number of urea groups is 1. The third-order valence-electron chi connectivity index (χ3n) is 3.77. The van der Waals surface area contributed by atoms with Gasteiger partial charge in [0.2, 0.25) is 5.91 Å². The molecule has 0 radical (unpaired) electrons. The van der Waals surface area contributed by atoms with Crippen molar-refractivity contribution in [1.29, 1.82) is 0 Å². The Labute approximate surface area is 122 Å². The van der Waals surface area contributed by atoms with Gasteiger partial charge in [0.1, 0.15) is 0 Å². The van der Waals surface area contributed by atoms with E-state index in [4.69, 9.17) is 0 Å². The fourth-order valence-electron chi connectivity index (χ4n) is 2.48. The minimum Gasteiger partial charge on any atom is -0.346 e. The van der Waals surface area contributed by atoms with Gasteiger partial charge < -0.3 is 15.1 Å². The molecule has 1 aliphatic heterocycles. The third kappa shape index (κ3) is 5.02. The van der Waals surface area contributed by atoms with Crippen molar-refractivity contribution in [3.63, 3.8) is 0 Å². The summed E-state index contributed by atoms with van der Waals surface area (Å²) >= 11 is 0. The lowest BCUT2D eigenvalue weighted by Gasteiger charge is -2.33. The van der Waals surface area contributed by atoms with Crippen molar-refractivity contribution < 1.29 is 9.59 Å². The lowest BCUT2D eigenvalue weighted by Crippen LogP contribution is -2.48. The van der Waals surface area contributed by atoms with Gasteiger partial charge in [-0.15, -0.1) is 0 Å². The molecule has 20 heavy (non-hydrogen) atoms. The molecule has 1 saturated heterocycles. The summed E-state index contributed by atoms with van der Waals surface area (Å²) in [6.07, 6.45) is 3.71. The first-order valence-corrected chi connectivity index (χ1v) is 7.76. The molecule has 1 heterocycles. The van der Waals surface area contributed by atoms with Crippen LogP contribution >= 0.6 is 0 Å². The van der Waals surface area contributed by atoms with Crippen LogP contribution in [0.15, 0.2) is 0 Å². The van der Waals surface area contributed by atoms with E-state index in [1.807, 2.05) is 30.7 Å². The Kier molecular flexibility index (Phi) is 6.82. The minimum atomic E-state index is -0.00904. The molecule has 0 aromatic carbocycles. The molecule has 0 aromatic heterocycles. The summed E-state index contributed by atoms with van der Waals surface area (Å²) in [6.45, 7) is 8.23. The van der Waals surface area contributed by atoms with E-state index < -0.39 is 0 Å². The summed E-state index contributed by atoms with van der Waals surface area (Å²) in [5, 5.41) is 2.90. The average Bonchev–Trinajstić information content (AvgIpc) is 2.43. The fraction of sp³-hybridized carbons (Fsp3) is 0.867. The number of carbonyl (C=O) groups is 2.